The zero-order chi connectivity index (χ0) is 21.6. The second-order valence-corrected chi connectivity index (χ2v) is 10.1. The molecule has 6 nitrogen and oxygen atoms in total. The maximum absolute atomic E-state index is 12.5. The van der Waals surface area contributed by atoms with Gasteiger partial charge in [-0.1, -0.05) is 19.1 Å². The summed E-state index contributed by atoms with van der Waals surface area (Å²) in [6.07, 6.45) is 11.5. The Kier molecular flexibility index (Phi) is 7.94. The van der Waals surface area contributed by atoms with Gasteiger partial charge in [-0.05, 0) is 107 Å². The predicted octanol–water partition coefficient (Wildman–Crippen LogP) is 4.14. The molecule has 2 amide bonds. The van der Waals surface area contributed by atoms with Crippen molar-refractivity contribution in [2.24, 2.45) is 0 Å². The van der Waals surface area contributed by atoms with Gasteiger partial charge in [-0.15, -0.1) is 0 Å². The van der Waals surface area contributed by atoms with Crippen molar-refractivity contribution in [1.82, 2.24) is 9.62 Å². The van der Waals surface area contributed by atoms with E-state index in [4.69, 9.17) is 0 Å². The van der Waals surface area contributed by atoms with E-state index in [9.17, 15) is 13.2 Å². The van der Waals surface area contributed by atoms with E-state index in [1.807, 2.05) is 0 Å². The third-order valence-electron chi connectivity index (χ3n) is 5.99. The Hall–Kier alpha value is -1.86. The van der Waals surface area contributed by atoms with Crippen molar-refractivity contribution in [2.45, 2.75) is 71.1 Å². The number of sulfonamides is 1. The molecule has 1 aromatic carbocycles. The highest BCUT2D eigenvalue weighted by atomic mass is 32.2. The lowest BCUT2D eigenvalue weighted by Crippen LogP contribution is -2.33. The van der Waals surface area contributed by atoms with Crippen molar-refractivity contribution < 1.29 is 13.2 Å². The van der Waals surface area contributed by atoms with Gasteiger partial charge in [0.25, 0.3) is 10.0 Å². The van der Waals surface area contributed by atoms with Crippen molar-refractivity contribution in [2.75, 3.05) is 25.5 Å². The van der Waals surface area contributed by atoms with Crippen molar-refractivity contribution in [1.29, 1.82) is 0 Å². The summed E-state index contributed by atoms with van der Waals surface area (Å²) in [4.78, 5) is 14.7. The molecule has 3 rings (SSSR count). The van der Waals surface area contributed by atoms with E-state index in [-0.39, 0.29) is 0 Å². The van der Waals surface area contributed by atoms with Crippen LogP contribution in [0.15, 0.2) is 17.6 Å². The third kappa shape index (κ3) is 6.08. The highest BCUT2D eigenvalue weighted by molar-refractivity contribution is 7.92. The van der Waals surface area contributed by atoms with Crippen LogP contribution in [-0.2, 0) is 35.7 Å². The molecule has 0 bridgehead atoms. The van der Waals surface area contributed by atoms with Gasteiger partial charge in [0.05, 0.1) is 0 Å². The fourth-order valence-corrected chi connectivity index (χ4v) is 5.37. The van der Waals surface area contributed by atoms with Crippen LogP contribution in [0, 0.1) is 0 Å². The molecule has 0 unspecified atom stereocenters. The minimum atomic E-state index is -3.79. The number of nitrogens with one attached hydrogen (secondary N) is 2. The molecule has 2 aliphatic rings. The first-order chi connectivity index (χ1) is 14.4. The van der Waals surface area contributed by atoms with Crippen LogP contribution in [0.25, 0.3) is 0 Å². The monoisotopic (exact) mass is 433 g/mol. The number of carbonyl (C=O) groups is 1. The fraction of sp³-hybridized carbons (Fsp3) is 0.609. The zero-order valence-electron chi connectivity index (χ0n) is 18.3. The van der Waals surface area contributed by atoms with Gasteiger partial charge >= 0.3 is 6.03 Å². The number of amides is 2. The lowest BCUT2D eigenvalue weighted by Gasteiger charge is -2.16. The molecule has 2 N–H and O–H groups in total. The number of benzene rings is 1. The van der Waals surface area contributed by atoms with Crippen molar-refractivity contribution in [3.63, 3.8) is 0 Å². The van der Waals surface area contributed by atoms with Crippen LogP contribution in [0.3, 0.4) is 0 Å². The molecule has 0 aliphatic heterocycles. The molecular weight excluding hydrogens is 398 g/mol. The second kappa shape index (κ2) is 10.4. The first-order valence-corrected chi connectivity index (χ1v) is 12.8. The van der Waals surface area contributed by atoms with E-state index >= 15 is 0 Å². The van der Waals surface area contributed by atoms with E-state index in [1.165, 1.54) is 22.3 Å². The van der Waals surface area contributed by atoms with Gasteiger partial charge in [-0.3, -0.25) is 0 Å². The topological polar surface area (TPSA) is 78.5 Å². The van der Waals surface area contributed by atoms with Gasteiger partial charge in [0.1, 0.15) is 0 Å². The number of fused-ring (bicyclic) bond motifs is 2. The molecule has 0 radical (unpaired) electrons. The van der Waals surface area contributed by atoms with Crippen LogP contribution in [0.5, 0.6) is 0 Å². The fourth-order valence-electron chi connectivity index (χ4n) is 4.60. The summed E-state index contributed by atoms with van der Waals surface area (Å²) >= 11 is 0. The molecule has 0 atom stereocenters. The van der Waals surface area contributed by atoms with E-state index in [2.05, 4.69) is 35.0 Å². The molecule has 7 heteroatoms. The molecule has 0 saturated heterocycles. The van der Waals surface area contributed by atoms with Gasteiger partial charge in [0.15, 0.2) is 0 Å². The van der Waals surface area contributed by atoms with Crippen LogP contribution in [0.1, 0.15) is 67.7 Å². The van der Waals surface area contributed by atoms with Crippen molar-refractivity contribution in [3.05, 3.63) is 39.8 Å². The lowest BCUT2D eigenvalue weighted by molar-refractivity contribution is 0.256. The predicted molar refractivity (Wildman–Crippen MR) is 122 cm³/mol. The molecule has 166 valence electrons. The molecule has 0 saturated carbocycles. The van der Waals surface area contributed by atoms with Crippen LogP contribution >= 0.6 is 0 Å². The smallest absolute Gasteiger partial charge is 0.307 e. The largest absolute Gasteiger partial charge is 0.333 e. The Morgan fingerprint density at radius 1 is 1.07 bits per heavy atom. The van der Waals surface area contributed by atoms with E-state index in [1.54, 1.807) is 6.08 Å². The molecule has 0 spiro atoms. The number of anilines is 1. The Bertz CT molecular complexity index is 861. The standard InChI is InChI=1S/C23H35N3O3S/c1-3-14-26(2)15-6-4-5-7-16-30(28,29)25-23(27)24-22-20-12-8-10-18(20)17-19-11-9-13-21(19)22/h7,16-17H,3-6,8-15H2,1-2H3,(H2,24,25,27)/b16-7+. The van der Waals surface area contributed by atoms with Crippen LogP contribution in [0.2, 0.25) is 0 Å². The van der Waals surface area contributed by atoms with Crippen LogP contribution in [0.4, 0.5) is 10.5 Å². The summed E-state index contributed by atoms with van der Waals surface area (Å²) in [6.45, 7) is 4.25. The number of hydrogen-bond acceptors (Lipinski definition) is 4. The molecule has 0 aromatic heterocycles. The van der Waals surface area contributed by atoms with Crippen LogP contribution < -0.4 is 10.0 Å². The Balaban J connectivity index is 1.51. The Labute approximate surface area is 181 Å². The summed E-state index contributed by atoms with van der Waals surface area (Å²) in [5, 5.41) is 3.98. The molecular formula is C23H35N3O3S. The molecule has 0 heterocycles. The lowest BCUT2D eigenvalue weighted by atomic mass is 9.99. The number of allylic oxidation sites excluding steroid dienone is 1. The van der Waals surface area contributed by atoms with E-state index in [0.717, 1.165) is 82.0 Å². The quantitative estimate of drug-likeness (QED) is 0.544. The summed E-state index contributed by atoms with van der Waals surface area (Å²) in [7, 11) is -1.69. The first-order valence-electron chi connectivity index (χ1n) is 11.2. The summed E-state index contributed by atoms with van der Waals surface area (Å²) < 4.78 is 26.7. The van der Waals surface area contributed by atoms with Crippen molar-refractivity contribution in [3.8, 4) is 0 Å². The minimum Gasteiger partial charge on any atom is -0.307 e. The number of nitrogens with zero attached hydrogens (tertiary/aromatic N) is 1. The average Bonchev–Trinajstić information content (AvgIpc) is 3.33. The average molecular weight is 434 g/mol. The highest BCUT2D eigenvalue weighted by Crippen LogP contribution is 2.38. The molecule has 30 heavy (non-hydrogen) atoms. The number of hydrogen-bond donors (Lipinski definition) is 2. The van der Waals surface area contributed by atoms with Gasteiger partial charge in [0, 0.05) is 11.1 Å². The zero-order valence-corrected chi connectivity index (χ0v) is 19.1. The number of urea groups is 1. The number of rotatable bonds is 10. The van der Waals surface area contributed by atoms with Crippen molar-refractivity contribution >= 4 is 21.7 Å². The molecule has 2 aliphatic carbocycles. The van der Waals surface area contributed by atoms with Gasteiger partial charge < -0.3 is 10.2 Å². The number of carbonyl (C=O) groups excluding carboxylic acids is 1. The Morgan fingerprint density at radius 3 is 2.37 bits per heavy atom. The minimum absolute atomic E-state index is 0.671. The number of aryl methyl sites for hydroxylation is 2. The third-order valence-corrected chi connectivity index (χ3v) is 7.01. The highest BCUT2D eigenvalue weighted by Gasteiger charge is 2.25. The van der Waals surface area contributed by atoms with E-state index < -0.39 is 16.1 Å². The molecule has 1 aromatic rings. The van der Waals surface area contributed by atoms with Gasteiger partial charge in [0.2, 0.25) is 0 Å². The second-order valence-electron chi connectivity index (χ2n) is 8.51. The SMILES string of the molecule is CCCN(C)CCCC/C=C/S(=O)(=O)NC(=O)Nc1c2c(cc3c1CCC3)CCC2. The summed E-state index contributed by atoms with van der Waals surface area (Å²) in [5.74, 6) is 0. The number of unbranched alkanes of at least 4 members (excludes halogenated alkanes) is 2. The normalized spacial score (nSPS) is 15.6. The Morgan fingerprint density at radius 2 is 1.73 bits per heavy atom. The first kappa shape index (κ1) is 22.8. The van der Waals surface area contributed by atoms with E-state index in [0.29, 0.717) is 6.42 Å². The summed E-state index contributed by atoms with van der Waals surface area (Å²) in [5.41, 5.74) is 5.83. The maximum Gasteiger partial charge on any atom is 0.333 e. The maximum atomic E-state index is 12.5. The van der Waals surface area contributed by atoms with Crippen LogP contribution in [-0.4, -0.2) is 39.5 Å². The van der Waals surface area contributed by atoms with Gasteiger partial charge in [-0.2, -0.15) is 0 Å². The molecule has 0 fully saturated rings. The summed E-state index contributed by atoms with van der Waals surface area (Å²) in [6, 6.07) is 1.61. The van der Waals surface area contributed by atoms with Gasteiger partial charge in [-0.25, -0.2) is 17.9 Å².